The highest BCUT2D eigenvalue weighted by molar-refractivity contribution is 6.29. The van der Waals surface area contributed by atoms with Crippen LogP contribution >= 0.6 is 11.6 Å². The van der Waals surface area contributed by atoms with Gasteiger partial charge in [0.15, 0.2) is 0 Å². The molecule has 0 radical (unpaired) electrons. The average Bonchev–Trinajstić information content (AvgIpc) is 2.47. The van der Waals surface area contributed by atoms with E-state index in [1.165, 1.54) is 12.4 Å². The number of hydrogen-bond acceptors (Lipinski definition) is 4. The Morgan fingerprint density at radius 2 is 2.00 bits per heavy atom. The zero-order valence-corrected chi connectivity index (χ0v) is 12.9. The topological polar surface area (TPSA) is 58.1 Å². The van der Waals surface area contributed by atoms with Gasteiger partial charge in [0, 0.05) is 13.1 Å². The number of para-hydroxylation sites is 2. The van der Waals surface area contributed by atoms with Gasteiger partial charge >= 0.3 is 0 Å². The minimum atomic E-state index is -0.338. The molecule has 0 aliphatic rings. The third-order valence-electron chi connectivity index (χ3n) is 3.14. The Balaban J connectivity index is 2.26. The first-order valence-electron chi connectivity index (χ1n) is 6.60. The van der Waals surface area contributed by atoms with E-state index in [-0.39, 0.29) is 16.8 Å². The molecule has 1 heterocycles. The maximum Gasteiger partial charge on any atom is 0.275 e. The van der Waals surface area contributed by atoms with E-state index >= 15 is 0 Å². The molecule has 1 aromatic carbocycles. The summed E-state index contributed by atoms with van der Waals surface area (Å²) in [6.07, 6.45) is 2.77. The van der Waals surface area contributed by atoms with Crippen molar-refractivity contribution in [1.29, 1.82) is 0 Å². The third kappa shape index (κ3) is 3.70. The van der Waals surface area contributed by atoms with Gasteiger partial charge in [-0.25, -0.2) is 4.98 Å². The van der Waals surface area contributed by atoms with Crippen LogP contribution in [0.2, 0.25) is 5.15 Å². The molecule has 1 amide bonds. The number of rotatable bonds is 4. The monoisotopic (exact) mass is 304 g/mol. The molecule has 0 fully saturated rings. The number of halogens is 1. The lowest BCUT2D eigenvalue weighted by Gasteiger charge is -2.26. The number of benzene rings is 1. The van der Waals surface area contributed by atoms with Gasteiger partial charge in [-0.15, -0.1) is 0 Å². The van der Waals surface area contributed by atoms with Crippen molar-refractivity contribution in [2.24, 2.45) is 0 Å². The zero-order chi connectivity index (χ0) is 15.4. The summed E-state index contributed by atoms with van der Waals surface area (Å²) < 4.78 is 0. The molecule has 21 heavy (non-hydrogen) atoms. The molecule has 1 aromatic heterocycles. The van der Waals surface area contributed by atoms with Gasteiger partial charge in [-0.05, 0) is 26.0 Å². The van der Waals surface area contributed by atoms with Crippen molar-refractivity contribution in [2.45, 2.75) is 19.9 Å². The van der Waals surface area contributed by atoms with E-state index in [2.05, 4.69) is 34.0 Å². The Morgan fingerprint density at radius 3 is 2.67 bits per heavy atom. The summed E-state index contributed by atoms with van der Waals surface area (Å²) in [5.74, 6) is -0.338. The van der Waals surface area contributed by atoms with Crippen molar-refractivity contribution in [2.75, 3.05) is 17.3 Å². The molecule has 110 valence electrons. The van der Waals surface area contributed by atoms with E-state index < -0.39 is 0 Å². The van der Waals surface area contributed by atoms with Crippen molar-refractivity contribution in [3.63, 3.8) is 0 Å². The SMILES string of the molecule is CC(C)N(C)c1ccccc1NC(=O)c1cncc(Cl)n1. The highest BCUT2D eigenvalue weighted by Gasteiger charge is 2.14. The van der Waals surface area contributed by atoms with Crippen LogP contribution in [-0.2, 0) is 0 Å². The summed E-state index contributed by atoms with van der Waals surface area (Å²) in [5.41, 5.74) is 1.85. The molecule has 0 saturated heterocycles. The van der Waals surface area contributed by atoms with Crippen LogP contribution in [0.3, 0.4) is 0 Å². The first kappa shape index (κ1) is 15.3. The standard InChI is InChI=1S/C15H17ClN4O/c1-10(2)20(3)13-7-5-4-6-11(13)19-15(21)12-8-17-9-14(16)18-12/h4-10H,1-3H3,(H,19,21). The second-order valence-electron chi connectivity index (χ2n) is 4.90. The van der Waals surface area contributed by atoms with Crippen LogP contribution in [0.15, 0.2) is 36.7 Å². The summed E-state index contributed by atoms with van der Waals surface area (Å²) >= 11 is 5.75. The van der Waals surface area contributed by atoms with E-state index in [1.807, 2.05) is 31.3 Å². The molecular weight excluding hydrogens is 288 g/mol. The summed E-state index contributed by atoms with van der Waals surface area (Å²) in [6, 6.07) is 7.93. The Bertz CT molecular complexity index is 645. The van der Waals surface area contributed by atoms with Crippen LogP contribution in [0, 0.1) is 0 Å². The van der Waals surface area contributed by atoms with Gasteiger partial charge in [-0.2, -0.15) is 0 Å². The molecule has 2 aromatic rings. The minimum Gasteiger partial charge on any atom is -0.370 e. The van der Waals surface area contributed by atoms with Gasteiger partial charge in [0.05, 0.1) is 23.8 Å². The molecule has 0 bridgehead atoms. The molecule has 1 N–H and O–H groups in total. The second kappa shape index (κ2) is 6.54. The van der Waals surface area contributed by atoms with E-state index in [4.69, 9.17) is 11.6 Å². The normalized spacial score (nSPS) is 10.5. The number of nitrogens with zero attached hydrogens (tertiary/aromatic N) is 3. The summed E-state index contributed by atoms with van der Waals surface area (Å²) in [4.78, 5) is 22.1. The molecule has 0 aliphatic carbocycles. The highest BCUT2D eigenvalue weighted by Crippen LogP contribution is 2.26. The lowest BCUT2D eigenvalue weighted by Crippen LogP contribution is -2.27. The fourth-order valence-corrected chi connectivity index (χ4v) is 1.95. The molecule has 0 spiro atoms. The van der Waals surface area contributed by atoms with Gasteiger partial charge < -0.3 is 10.2 Å². The molecule has 2 rings (SSSR count). The highest BCUT2D eigenvalue weighted by atomic mass is 35.5. The number of carbonyl (C=O) groups excluding carboxylic acids is 1. The first-order chi connectivity index (χ1) is 9.99. The van der Waals surface area contributed by atoms with Gasteiger partial charge in [0.25, 0.3) is 5.91 Å². The maximum atomic E-state index is 12.2. The van der Waals surface area contributed by atoms with E-state index in [9.17, 15) is 4.79 Å². The van der Waals surface area contributed by atoms with Crippen molar-refractivity contribution in [3.05, 3.63) is 47.5 Å². The molecule has 0 saturated carbocycles. The van der Waals surface area contributed by atoms with E-state index in [0.717, 1.165) is 11.4 Å². The molecule has 0 aliphatic heterocycles. The zero-order valence-electron chi connectivity index (χ0n) is 12.2. The Kier molecular flexibility index (Phi) is 4.75. The first-order valence-corrected chi connectivity index (χ1v) is 6.97. The largest absolute Gasteiger partial charge is 0.370 e. The Morgan fingerprint density at radius 1 is 1.29 bits per heavy atom. The minimum absolute atomic E-state index is 0.185. The number of anilines is 2. The Labute approximate surface area is 129 Å². The summed E-state index contributed by atoms with van der Waals surface area (Å²) in [5, 5.41) is 3.04. The second-order valence-corrected chi connectivity index (χ2v) is 5.29. The predicted octanol–water partition coefficient (Wildman–Crippen LogP) is 3.23. The van der Waals surface area contributed by atoms with Crippen LogP contribution in [0.5, 0.6) is 0 Å². The van der Waals surface area contributed by atoms with Gasteiger partial charge in [0.1, 0.15) is 10.8 Å². The summed E-state index contributed by atoms with van der Waals surface area (Å²) in [6.45, 7) is 4.17. The molecule has 6 heteroatoms. The number of amides is 1. The van der Waals surface area contributed by atoms with Gasteiger partial charge in [-0.3, -0.25) is 9.78 Å². The molecule has 0 unspecified atom stereocenters. The van der Waals surface area contributed by atoms with Crippen molar-refractivity contribution < 1.29 is 4.79 Å². The number of nitrogens with one attached hydrogen (secondary N) is 1. The fourth-order valence-electron chi connectivity index (χ4n) is 1.80. The predicted molar refractivity (Wildman–Crippen MR) is 85.0 cm³/mol. The molecule has 5 nitrogen and oxygen atoms in total. The van der Waals surface area contributed by atoms with Crippen LogP contribution in [0.1, 0.15) is 24.3 Å². The number of hydrogen-bond donors (Lipinski definition) is 1. The Hall–Kier alpha value is -2.14. The lowest BCUT2D eigenvalue weighted by atomic mass is 10.2. The number of carbonyl (C=O) groups is 1. The lowest BCUT2D eigenvalue weighted by molar-refractivity contribution is 0.102. The fraction of sp³-hybridized carbons (Fsp3) is 0.267. The van der Waals surface area contributed by atoms with Crippen LogP contribution in [0.4, 0.5) is 11.4 Å². The molecule has 0 atom stereocenters. The van der Waals surface area contributed by atoms with Crippen molar-refractivity contribution in [3.8, 4) is 0 Å². The van der Waals surface area contributed by atoms with Crippen LogP contribution in [-0.4, -0.2) is 29.0 Å². The summed E-state index contributed by atoms with van der Waals surface area (Å²) in [7, 11) is 1.98. The average molecular weight is 305 g/mol. The quantitative estimate of drug-likeness (QED) is 0.942. The smallest absolute Gasteiger partial charge is 0.275 e. The molecular formula is C15H17ClN4O. The van der Waals surface area contributed by atoms with Crippen molar-refractivity contribution in [1.82, 2.24) is 9.97 Å². The maximum absolute atomic E-state index is 12.2. The van der Waals surface area contributed by atoms with Crippen LogP contribution < -0.4 is 10.2 Å². The number of aromatic nitrogens is 2. The van der Waals surface area contributed by atoms with Crippen molar-refractivity contribution >= 4 is 28.9 Å². The van der Waals surface area contributed by atoms with Gasteiger partial charge in [0.2, 0.25) is 0 Å². The van der Waals surface area contributed by atoms with Crippen LogP contribution in [0.25, 0.3) is 0 Å². The van der Waals surface area contributed by atoms with E-state index in [0.29, 0.717) is 6.04 Å². The van der Waals surface area contributed by atoms with Gasteiger partial charge in [-0.1, -0.05) is 23.7 Å². The third-order valence-corrected chi connectivity index (χ3v) is 3.33. The van der Waals surface area contributed by atoms with E-state index in [1.54, 1.807) is 0 Å².